The third-order valence-corrected chi connectivity index (χ3v) is 3.09. The predicted molar refractivity (Wildman–Crippen MR) is 71.9 cm³/mol. The molecule has 0 radical (unpaired) electrons. The van der Waals surface area contributed by atoms with Crippen molar-refractivity contribution in [2.45, 2.75) is 38.8 Å². The van der Waals surface area contributed by atoms with Crippen LogP contribution in [-0.2, 0) is 4.79 Å². The number of aliphatic hydroxyl groups excluding tert-OH is 1. The maximum absolute atomic E-state index is 11.2. The zero-order chi connectivity index (χ0) is 14.7. The van der Waals surface area contributed by atoms with Crippen LogP contribution in [0.15, 0.2) is 6.07 Å². The first-order chi connectivity index (χ1) is 9.51. The summed E-state index contributed by atoms with van der Waals surface area (Å²) in [6.07, 6.45) is 0.358. The van der Waals surface area contributed by atoms with Crippen molar-refractivity contribution in [3.8, 4) is 5.88 Å². The van der Waals surface area contributed by atoms with Gasteiger partial charge in [-0.25, -0.2) is 9.78 Å². The van der Waals surface area contributed by atoms with Gasteiger partial charge in [0.1, 0.15) is 6.04 Å². The summed E-state index contributed by atoms with van der Waals surface area (Å²) in [6, 6.07) is 0.910. The van der Waals surface area contributed by atoms with Gasteiger partial charge in [0.25, 0.3) is 0 Å². The molecule has 1 fully saturated rings. The van der Waals surface area contributed by atoms with Crippen LogP contribution in [0.5, 0.6) is 5.88 Å². The van der Waals surface area contributed by atoms with Gasteiger partial charge in [0.15, 0.2) is 0 Å². The number of β-amino-alcohol motifs (C(OH)–C–C–N with tert-alkyl or cyclic N) is 1. The summed E-state index contributed by atoms with van der Waals surface area (Å²) >= 11 is 0. The molecule has 0 saturated carbocycles. The lowest BCUT2D eigenvalue weighted by Crippen LogP contribution is -2.37. The summed E-state index contributed by atoms with van der Waals surface area (Å²) in [5.41, 5.74) is 0.701. The van der Waals surface area contributed by atoms with Crippen LogP contribution in [0.25, 0.3) is 0 Å². The number of anilines is 1. The Morgan fingerprint density at radius 2 is 2.30 bits per heavy atom. The number of hydrogen-bond acceptors (Lipinski definition) is 6. The number of aliphatic carboxylic acids is 1. The molecule has 0 aliphatic carbocycles. The van der Waals surface area contributed by atoms with E-state index in [1.807, 2.05) is 6.92 Å². The lowest BCUT2D eigenvalue weighted by atomic mass is 10.2. The average molecular weight is 281 g/mol. The molecule has 1 aliphatic rings. The Morgan fingerprint density at radius 1 is 1.55 bits per heavy atom. The van der Waals surface area contributed by atoms with Crippen LogP contribution in [0.1, 0.15) is 25.5 Å². The largest absolute Gasteiger partial charge is 0.480 e. The smallest absolute Gasteiger partial charge is 0.326 e. The minimum Gasteiger partial charge on any atom is -0.480 e. The van der Waals surface area contributed by atoms with E-state index < -0.39 is 18.1 Å². The van der Waals surface area contributed by atoms with Gasteiger partial charge in [-0.05, 0) is 13.3 Å². The van der Waals surface area contributed by atoms with Gasteiger partial charge in [-0.3, -0.25) is 0 Å². The van der Waals surface area contributed by atoms with E-state index in [0.717, 1.165) is 6.42 Å². The molecule has 7 nitrogen and oxygen atoms in total. The quantitative estimate of drug-likeness (QED) is 0.815. The molecule has 0 aromatic carbocycles. The Bertz CT molecular complexity index is 495. The molecule has 110 valence electrons. The van der Waals surface area contributed by atoms with Crippen molar-refractivity contribution in [3.63, 3.8) is 0 Å². The lowest BCUT2D eigenvalue weighted by molar-refractivity contribution is -0.138. The Morgan fingerprint density at radius 3 is 2.95 bits per heavy atom. The normalized spacial score (nSPS) is 22.1. The summed E-state index contributed by atoms with van der Waals surface area (Å²) in [5.74, 6) is -0.261. The van der Waals surface area contributed by atoms with Gasteiger partial charge in [0.05, 0.1) is 12.7 Å². The number of nitrogens with zero attached hydrogens (tertiary/aromatic N) is 3. The molecule has 1 aliphatic heterocycles. The minimum atomic E-state index is -0.984. The molecule has 1 aromatic rings. The number of ether oxygens (including phenoxy) is 1. The highest BCUT2D eigenvalue weighted by Crippen LogP contribution is 2.25. The van der Waals surface area contributed by atoms with Gasteiger partial charge < -0.3 is 19.8 Å². The topological polar surface area (TPSA) is 95.8 Å². The molecule has 0 bridgehead atoms. The number of rotatable bonds is 5. The van der Waals surface area contributed by atoms with Crippen LogP contribution >= 0.6 is 0 Å². The van der Waals surface area contributed by atoms with Gasteiger partial charge in [0.2, 0.25) is 11.8 Å². The van der Waals surface area contributed by atoms with E-state index in [0.29, 0.717) is 24.1 Å². The number of hydrogen-bond donors (Lipinski definition) is 2. The number of carbonyl (C=O) groups is 1. The second-order valence-corrected chi connectivity index (χ2v) is 4.89. The van der Waals surface area contributed by atoms with E-state index in [-0.39, 0.29) is 13.0 Å². The summed E-state index contributed by atoms with van der Waals surface area (Å²) in [5, 5.41) is 18.9. The van der Waals surface area contributed by atoms with Gasteiger partial charge in [-0.15, -0.1) is 0 Å². The maximum atomic E-state index is 11.2. The molecule has 1 aromatic heterocycles. The van der Waals surface area contributed by atoms with E-state index in [4.69, 9.17) is 4.74 Å². The highest BCUT2D eigenvalue weighted by Gasteiger charge is 2.37. The zero-order valence-corrected chi connectivity index (χ0v) is 11.6. The third kappa shape index (κ3) is 3.16. The third-order valence-electron chi connectivity index (χ3n) is 3.09. The summed E-state index contributed by atoms with van der Waals surface area (Å²) in [7, 11) is 0. The van der Waals surface area contributed by atoms with Crippen LogP contribution < -0.4 is 9.64 Å². The van der Waals surface area contributed by atoms with Crippen molar-refractivity contribution >= 4 is 11.9 Å². The summed E-state index contributed by atoms with van der Waals surface area (Å²) < 4.78 is 5.47. The summed E-state index contributed by atoms with van der Waals surface area (Å²) in [4.78, 5) is 21.2. The summed E-state index contributed by atoms with van der Waals surface area (Å²) in [6.45, 7) is 4.55. The number of aromatic nitrogens is 2. The monoisotopic (exact) mass is 281 g/mol. The molecular weight excluding hydrogens is 262 g/mol. The molecule has 1 saturated heterocycles. The van der Waals surface area contributed by atoms with E-state index in [2.05, 4.69) is 9.97 Å². The standard InChI is InChI=1S/C13H19N3O4/c1-3-4-20-11-5-8(2)14-13(15-11)16-7-9(17)6-10(16)12(18)19/h5,9-10,17H,3-4,6-7H2,1-2H3,(H,18,19). The second kappa shape index (κ2) is 6.04. The van der Waals surface area contributed by atoms with Crippen LogP contribution in [0.2, 0.25) is 0 Å². The molecule has 7 heteroatoms. The fourth-order valence-corrected chi connectivity index (χ4v) is 2.20. The predicted octanol–water partition coefficient (Wildman–Crippen LogP) is 0.598. The molecule has 2 atom stereocenters. The fourth-order valence-electron chi connectivity index (χ4n) is 2.20. The van der Waals surface area contributed by atoms with Gasteiger partial charge >= 0.3 is 5.97 Å². The SMILES string of the molecule is CCCOc1cc(C)nc(N2CC(O)CC2C(=O)O)n1. The van der Waals surface area contributed by atoms with E-state index in [1.165, 1.54) is 4.90 Å². The Hall–Kier alpha value is -1.89. The molecule has 2 heterocycles. The minimum absolute atomic E-state index is 0.178. The van der Waals surface area contributed by atoms with Gasteiger partial charge in [0, 0.05) is 24.7 Å². The number of carboxylic acid groups (broad SMARTS) is 1. The van der Waals surface area contributed by atoms with Crippen molar-refractivity contribution in [1.29, 1.82) is 0 Å². The van der Waals surface area contributed by atoms with E-state index in [9.17, 15) is 15.0 Å². The fraction of sp³-hybridized carbons (Fsp3) is 0.615. The van der Waals surface area contributed by atoms with Gasteiger partial charge in [-0.2, -0.15) is 4.98 Å². The average Bonchev–Trinajstić information content (AvgIpc) is 2.78. The molecule has 0 spiro atoms. The lowest BCUT2D eigenvalue weighted by Gasteiger charge is -2.21. The molecule has 0 amide bonds. The Labute approximate surface area is 117 Å². The second-order valence-electron chi connectivity index (χ2n) is 4.89. The van der Waals surface area contributed by atoms with E-state index in [1.54, 1.807) is 13.0 Å². The molecule has 2 unspecified atom stereocenters. The van der Waals surface area contributed by atoms with Crippen LogP contribution in [0.4, 0.5) is 5.95 Å². The first kappa shape index (κ1) is 14.5. The van der Waals surface area contributed by atoms with Crippen molar-refractivity contribution < 1.29 is 19.7 Å². The van der Waals surface area contributed by atoms with Crippen molar-refractivity contribution in [3.05, 3.63) is 11.8 Å². The maximum Gasteiger partial charge on any atom is 0.326 e. The Balaban J connectivity index is 2.26. The molecule has 20 heavy (non-hydrogen) atoms. The zero-order valence-electron chi connectivity index (χ0n) is 11.6. The van der Waals surface area contributed by atoms with Crippen LogP contribution in [0.3, 0.4) is 0 Å². The van der Waals surface area contributed by atoms with Gasteiger partial charge in [-0.1, -0.05) is 6.92 Å². The molecule has 2 N–H and O–H groups in total. The number of aliphatic hydroxyl groups is 1. The Kier molecular flexibility index (Phi) is 4.39. The van der Waals surface area contributed by atoms with Crippen molar-refractivity contribution in [2.24, 2.45) is 0 Å². The van der Waals surface area contributed by atoms with E-state index >= 15 is 0 Å². The number of aryl methyl sites for hydroxylation is 1. The van der Waals surface area contributed by atoms with Crippen LogP contribution in [0, 0.1) is 6.92 Å². The highest BCUT2D eigenvalue weighted by molar-refractivity contribution is 5.78. The number of carboxylic acids is 1. The molecular formula is C13H19N3O4. The first-order valence-electron chi connectivity index (χ1n) is 6.67. The first-order valence-corrected chi connectivity index (χ1v) is 6.67. The molecule has 2 rings (SSSR count). The van der Waals surface area contributed by atoms with Crippen molar-refractivity contribution in [1.82, 2.24) is 9.97 Å². The highest BCUT2D eigenvalue weighted by atomic mass is 16.5. The van der Waals surface area contributed by atoms with Crippen molar-refractivity contribution in [2.75, 3.05) is 18.1 Å². The van der Waals surface area contributed by atoms with Crippen LogP contribution in [-0.4, -0.2) is 51.4 Å².